The molecule has 0 saturated carbocycles. The molecule has 1 aliphatic rings. The van der Waals surface area contributed by atoms with Gasteiger partial charge in [-0.25, -0.2) is 0 Å². The maximum absolute atomic E-state index is 6.01. The Labute approximate surface area is 113 Å². The van der Waals surface area contributed by atoms with Crippen molar-refractivity contribution in [1.82, 2.24) is 4.90 Å². The van der Waals surface area contributed by atoms with Gasteiger partial charge in [-0.15, -0.1) is 0 Å². The third-order valence-corrected chi connectivity index (χ3v) is 3.82. The number of piperidine rings is 1. The summed E-state index contributed by atoms with van der Waals surface area (Å²) in [6.07, 6.45) is 1.06. The van der Waals surface area contributed by atoms with Gasteiger partial charge in [-0.3, -0.25) is 4.90 Å². The number of nitrogens with two attached hydrogens (primary N) is 1. The van der Waals surface area contributed by atoms with Gasteiger partial charge in [-0.2, -0.15) is 0 Å². The molecule has 0 radical (unpaired) electrons. The van der Waals surface area contributed by atoms with Crippen LogP contribution >= 0.6 is 23.2 Å². The Kier molecular flexibility index (Phi) is 4.31. The Morgan fingerprint density at radius 1 is 1.29 bits per heavy atom. The van der Waals surface area contributed by atoms with E-state index >= 15 is 0 Å². The third kappa shape index (κ3) is 3.59. The molecule has 1 heterocycles. The Morgan fingerprint density at radius 2 is 1.94 bits per heavy atom. The molecule has 0 amide bonds. The summed E-state index contributed by atoms with van der Waals surface area (Å²) in [4.78, 5) is 2.41. The number of hydrogen-bond acceptors (Lipinski definition) is 2. The lowest BCUT2D eigenvalue weighted by Crippen LogP contribution is -2.45. The van der Waals surface area contributed by atoms with E-state index in [1.807, 2.05) is 12.1 Å². The zero-order valence-corrected chi connectivity index (χ0v) is 11.5. The average Bonchev–Trinajstić information content (AvgIpc) is 2.22. The van der Waals surface area contributed by atoms with Crippen LogP contribution in [0.3, 0.4) is 0 Å². The number of halogens is 2. The van der Waals surface area contributed by atoms with E-state index in [1.54, 1.807) is 6.07 Å². The first-order chi connectivity index (χ1) is 8.04. The molecular formula is C13H18Cl2N2. The van der Waals surface area contributed by atoms with Crippen molar-refractivity contribution in [3.63, 3.8) is 0 Å². The second-order valence-corrected chi connectivity index (χ2v) is 5.82. The highest BCUT2D eigenvalue weighted by molar-refractivity contribution is 6.34. The molecule has 1 aromatic carbocycles. The van der Waals surface area contributed by atoms with Crippen molar-refractivity contribution in [3.05, 3.63) is 33.8 Å². The van der Waals surface area contributed by atoms with Gasteiger partial charge in [0.25, 0.3) is 0 Å². The third-order valence-electron chi connectivity index (χ3n) is 3.38. The van der Waals surface area contributed by atoms with Gasteiger partial charge in [0.05, 0.1) is 0 Å². The van der Waals surface area contributed by atoms with Crippen molar-refractivity contribution in [1.29, 1.82) is 0 Å². The Bertz CT molecular complexity index is 375. The minimum absolute atomic E-state index is 0.342. The molecule has 1 fully saturated rings. The molecule has 2 rings (SSSR count). The highest BCUT2D eigenvalue weighted by atomic mass is 35.5. The first-order valence-electron chi connectivity index (χ1n) is 5.97. The minimum atomic E-state index is 0.342. The fraction of sp³-hybridized carbons (Fsp3) is 0.538. The molecule has 2 atom stereocenters. The monoisotopic (exact) mass is 272 g/mol. The van der Waals surface area contributed by atoms with Crippen molar-refractivity contribution in [2.75, 3.05) is 13.1 Å². The van der Waals surface area contributed by atoms with Crippen LogP contribution in [0, 0.1) is 5.92 Å². The smallest absolute Gasteiger partial charge is 0.0424 e. The summed E-state index contributed by atoms with van der Waals surface area (Å²) in [6, 6.07) is 6.06. The Hall–Kier alpha value is -0.280. The minimum Gasteiger partial charge on any atom is -0.327 e. The number of nitrogens with zero attached hydrogens (tertiary/aromatic N) is 1. The molecule has 17 heavy (non-hydrogen) atoms. The molecule has 94 valence electrons. The van der Waals surface area contributed by atoms with Crippen molar-refractivity contribution in [2.45, 2.75) is 25.9 Å². The van der Waals surface area contributed by atoms with Crippen LogP contribution in [0.4, 0.5) is 0 Å². The number of likely N-dealkylation sites (tertiary alicyclic amines) is 1. The lowest BCUT2D eigenvalue weighted by Gasteiger charge is -2.35. The van der Waals surface area contributed by atoms with Gasteiger partial charge in [0.15, 0.2) is 0 Å². The van der Waals surface area contributed by atoms with Gasteiger partial charge in [0.2, 0.25) is 0 Å². The number of benzene rings is 1. The fourth-order valence-corrected chi connectivity index (χ4v) is 2.93. The Balaban J connectivity index is 2.01. The van der Waals surface area contributed by atoms with Crippen LogP contribution in [0.1, 0.15) is 18.9 Å². The van der Waals surface area contributed by atoms with Gasteiger partial charge in [0, 0.05) is 29.2 Å². The van der Waals surface area contributed by atoms with E-state index in [0.717, 1.165) is 26.1 Å². The first kappa shape index (κ1) is 13.2. The van der Waals surface area contributed by atoms with E-state index in [1.165, 1.54) is 5.56 Å². The molecule has 0 aromatic heterocycles. The van der Waals surface area contributed by atoms with Gasteiger partial charge in [0.1, 0.15) is 0 Å². The molecule has 1 aliphatic heterocycles. The highest BCUT2D eigenvalue weighted by Gasteiger charge is 2.22. The summed E-state index contributed by atoms with van der Waals surface area (Å²) in [7, 11) is 0. The van der Waals surface area contributed by atoms with Crippen LogP contribution in [-0.2, 0) is 6.54 Å². The van der Waals surface area contributed by atoms with E-state index in [9.17, 15) is 0 Å². The van der Waals surface area contributed by atoms with Crippen molar-refractivity contribution in [3.8, 4) is 0 Å². The van der Waals surface area contributed by atoms with E-state index in [2.05, 4.69) is 11.8 Å². The maximum Gasteiger partial charge on any atom is 0.0424 e. The summed E-state index contributed by atoms with van der Waals surface area (Å²) in [6.45, 7) is 5.21. The van der Waals surface area contributed by atoms with E-state index in [0.29, 0.717) is 22.0 Å². The molecule has 2 nitrogen and oxygen atoms in total. The van der Waals surface area contributed by atoms with Gasteiger partial charge >= 0.3 is 0 Å². The molecular weight excluding hydrogens is 255 g/mol. The van der Waals surface area contributed by atoms with Crippen molar-refractivity contribution < 1.29 is 0 Å². The van der Waals surface area contributed by atoms with Crippen molar-refractivity contribution in [2.24, 2.45) is 11.7 Å². The summed E-state index contributed by atoms with van der Waals surface area (Å²) in [5, 5.41) is 1.41. The molecule has 2 N–H and O–H groups in total. The maximum atomic E-state index is 6.01. The second kappa shape index (κ2) is 5.57. The van der Waals surface area contributed by atoms with E-state index in [-0.39, 0.29) is 0 Å². The first-order valence-corrected chi connectivity index (χ1v) is 6.73. The zero-order chi connectivity index (χ0) is 12.4. The summed E-state index contributed by atoms with van der Waals surface area (Å²) >= 11 is 12.0. The van der Waals surface area contributed by atoms with Gasteiger partial charge in [-0.05, 0) is 42.6 Å². The molecule has 0 spiro atoms. The standard InChI is InChI=1S/C13H18Cl2N2/c1-9-7-17(3-2-13(9)16)8-10-4-11(14)6-12(15)5-10/h4-6,9,13H,2-3,7-8,16H2,1H3. The highest BCUT2D eigenvalue weighted by Crippen LogP contribution is 2.22. The second-order valence-electron chi connectivity index (χ2n) is 4.94. The predicted molar refractivity (Wildman–Crippen MR) is 73.5 cm³/mol. The molecule has 0 bridgehead atoms. The molecule has 1 saturated heterocycles. The lowest BCUT2D eigenvalue weighted by atomic mass is 9.94. The average molecular weight is 273 g/mol. The summed E-state index contributed by atoms with van der Waals surface area (Å²) in [5.74, 6) is 0.554. The molecule has 1 aromatic rings. The van der Waals surface area contributed by atoms with E-state index < -0.39 is 0 Å². The van der Waals surface area contributed by atoms with Crippen molar-refractivity contribution >= 4 is 23.2 Å². The molecule has 0 aliphatic carbocycles. The van der Waals surface area contributed by atoms with E-state index in [4.69, 9.17) is 28.9 Å². The van der Waals surface area contributed by atoms with Crippen LogP contribution in [0.2, 0.25) is 10.0 Å². The summed E-state index contributed by atoms with van der Waals surface area (Å²) < 4.78 is 0. The topological polar surface area (TPSA) is 29.3 Å². The number of rotatable bonds is 2. The molecule has 4 heteroatoms. The Morgan fingerprint density at radius 3 is 2.53 bits per heavy atom. The van der Waals surface area contributed by atoms with Crippen LogP contribution in [0.5, 0.6) is 0 Å². The normalized spacial score (nSPS) is 26.1. The summed E-state index contributed by atoms with van der Waals surface area (Å²) in [5.41, 5.74) is 7.18. The van der Waals surface area contributed by atoms with Crippen LogP contribution in [0.15, 0.2) is 18.2 Å². The van der Waals surface area contributed by atoms with Gasteiger partial charge in [-0.1, -0.05) is 30.1 Å². The zero-order valence-electron chi connectivity index (χ0n) is 10.00. The quantitative estimate of drug-likeness (QED) is 0.896. The largest absolute Gasteiger partial charge is 0.327 e. The SMILES string of the molecule is CC1CN(Cc2cc(Cl)cc(Cl)c2)CCC1N. The van der Waals surface area contributed by atoms with Crippen LogP contribution in [-0.4, -0.2) is 24.0 Å². The van der Waals surface area contributed by atoms with Gasteiger partial charge < -0.3 is 5.73 Å². The van der Waals surface area contributed by atoms with Crippen LogP contribution < -0.4 is 5.73 Å². The lowest BCUT2D eigenvalue weighted by molar-refractivity contribution is 0.158. The fourth-order valence-electron chi connectivity index (χ4n) is 2.35. The predicted octanol–water partition coefficient (Wildman–Crippen LogP) is 3.16. The molecule has 2 unspecified atom stereocenters. The number of hydrogen-bond donors (Lipinski definition) is 1. The van der Waals surface area contributed by atoms with Crippen LogP contribution in [0.25, 0.3) is 0 Å².